The van der Waals surface area contributed by atoms with Crippen LogP contribution in [0.15, 0.2) is 23.1 Å². The molecule has 0 radical (unpaired) electrons. The van der Waals surface area contributed by atoms with Crippen molar-refractivity contribution in [2.75, 3.05) is 36.7 Å². The fourth-order valence-electron chi connectivity index (χ4n) is 1.47. The Balaban J connectivity index is 2.78. The molecule has 0 fully saturated rings. The largest absolute Gasteiger partial charge is 0.397 e. The van der Waals surface area contributed by atoms with Gasteiger partial charge in [0.15, 0.2) is 0 Å². The fraction of sp³-hybridized carbons (Fsp3) is 0.455. The second-order valence-corrected chi connectivity index (χ2v) is 7.46. The van der Waals surface area contributed by atoms with Gasteiger partial charge in [-0.1, -0.05) is 0 Å². The molecule has 0 spiro atoms. The smallest absolute Gasteiger partial charge is 0.240 e. The van der Waals surface area contributed by atoms with Gasteiger partial charge in [-0.15, -0.1) is 0 Å². The maximum absolute atomic E-state index is 11.7. The van der Waals surface area contributed by atoms with Crippen molar-refractivity contribution in [2.24, 2.45) is 0 Å². The van der Waals surface area contributed by atoms with E-state index in [0.29, 0.717) is 23.7 Å². The second-order valence-electron chi connectivity index (χ2n) is 4.01. The predicted octanol–water partition coefficient (Wildman–Crippen LogP) is 0.357. The minimum absolute atomic E-state index is 0.158. The van der Waals surface area contributed by atoms with Crippen molar-refractivity contribution in [1.29, 1.82) is 0 Å². The number of nitrogen functional groups attached to an aromatic ring is 1. The highest BCUT2D eigenvalue weighted by Gasteiger charge is 2.12. The van der Waals surface area contributed by atoms with Crippen LogP contribution in [0.4, 0.5) is 11.4 Å². The number of sulfonamides is 1. The molecule has 0 aliphatic rings. The van der Waals surface area contributed by atoms with Crippen molar-refractivity contribution < 1.29 is 12.6 Å². The molecule has 1 rings (SSSR count). The highest BCUT2D eigenvalue weighted by molar-refractivity contribution is 7.89. The zero-order chi connectivity index (χ0) is 14.5. The first-order valence-corrected chi connectivity index (χ1v) is 8.95. The summed E-state index contributed by atoms with van der Waals surface area (Å²) >= 11 is 0. The molecule has 0 amide bonds. The Morgan fingerprint density at radius 1 is 1.37 bits per heavy atom. The van der Waals surface area contributed by atoms with E-state index in [9.17, 15) is 12.6 Å². The maximum atomic E-state index is 11.7. The predicted molar refractivity (Wildman–Crippen MR) is 79.1 cm³/mol. The molecule has 1 aromatic carbocycles. The van der Waals surface area contributed by atoms with E-state index in [0.717, 1.165) is 6.42 Å². The minimum Gasteiger partial charge on any atom is -0.397 e. The highest BCUT2D eigenvalue weighted by atomic mass is 32.2. The first-order chi connectivity index (χ1) is 8.86. The molecule has 0 aliphatic heterocycles. The standard InChI is InChI=1S/C11H19N3O3S2/c1-13-19(16,17)9-4-5-10(12)11(8-9)14-6-3-7-18(2)15/h4-5,8,13-14H,3,6-7,12H2,1-2H3. The number of nitrogens with two attached hydrogens (primary N) is 1. The quantitative estimate of drug-likeness (QED) is 0.499. The molecule has 4 N–H and O–H groups in total. The molecule has 1 unspecified atom stereocenters. The minimum atomic E-state index is -3.48. The molecule has 0 saturated carbocycles. The number of hydrogen-bond donors (Lipinski definition) is 3. The van der Waals surface area contributed by atoms with Gasteiger partial charge >= 0.3 is 0 Å². The summed E-state index contributed by atoms with van der Waals surface area (Å²) in [5.74, 6) is 0.599. The molecule has 0 aliphatic carbocycles. The van der Waals surface area contributed by atoms with Gasteiger partial charge in [0, 0.05) is 29.4 Å². The lowest BCUT2D eigenvalue weighted by molar-refractivity contribution is 0.588. The molecular weight excluding hydrogens is 286 g/mol. The van der Waals surface area contributed by atoms with Crippen LogP contribution in [0.3, 0.4) is 0 Å². The van der Waals surface area contributed by atoms with Gasteiger partial charge in [0.2, 0.25) is 10.0 Å². The summed E-state index contributed by atoms with van der Waals surface area (Å²) in [5, 5.41) is 3.05. The van der Waals surface area contributed by atoms with Crippen LogP contribution in [0, 0.1) is 0 Å². The number of benzene rings is 1. The second kappa shape index (κ2) is 6.88. The van der Waals surface area contributed by atoms with Crippen LogP contribution in [0.25, 0.3) is 0 Å². The third-order valence-electron chi connectivity index (χ3n) is 2.53. The Hall–Kier alpha value is -1.12. The Kier molecular flexibility index (Phi) is 5.77. The SMILES string of the molecule is CNS(=O)(=O)c1ccc(N)c(NCCCS(C)=O)c1. The molecule has 19 heavy (non-hydrogen) atoms. The topological polar surface area (TPSA) is 101 Å². The molecule has 108 valence electrons. The Labute approximate surface area is 116 Å². The van der Waals surface area contributed by atoms with Gasteiger partial charge in [0.1, 0.15) is 0 Å². The molecule has 8 heteroatoms. The maximum Gasteiger partial charge on any atom is 0.240 e. The molecule has 1 aromatic rings. The van der Waals surface area contributed by atoms with Crippen LogP contribution >= 0.6 is 0 Å². The van der Waals surface area contributed by atoms with Gasteiger partial charge in [0.25, 0.3) is 0 Å². The van der Waals surface area contributed by atoms with Crippen molar-refractivity contribution in [2.45, 2.75) is 11.3 Å². The fourth-order valence-corrected chi connectivity index (χ4v) is 2.78. The third kappa shape index (κ3) is 4.81. The van der Waals surface area contributed by atoms with Gasteiger partial charge in [-0.25, -0.2) is 13.1 Å². The average molecular weight is 305 g/mol. The van der Waals surface area contributed by atoms with Crippen LogP contribution in [0.5, 0.6) is 0 Å². The molecule has 0 saturated heterocycles. The van der Waals surface area contributed by atoms with Crippen LogP contribution < -0.4 is 15.8 Å². The number of nitrogens with one attached hydrogen (secondary N) is 2. The molecule has 1 atom stereocenters. The Bertz CT molecular complexity index is 558. The zero-order valence-electron chi connectivity index (χ0n) is 11.0. The van der Waals surface area contributed by atoms with Crippen LogP contribution in [-0.4, -0.2) is 38.2 Å². The lowest BCUT2D eigenvalue weighted by Crippen LogP contribution is -2.19. The van der Waals surface area contributed by atoms with Crippen molar-refractivity contribution >= 4 is 32.2 Å². The summed E-state index contributed by atoms with van der Waals surface area (Å²) < 4.78 is 36.5. The molecular formula is C11H19N3O3S2. The van der Waals surface area contributed by atoms with E-state index in [1.54, 1.807) is 12.3 Å². The first kappa shape index (κ1) is 15.9. The summed E-state index contributed by atoms with van der Waals surface area (Å²) in [5.41, 5.74) is 6.83. The summed E-state index contributed by atoms with van der Waals surface area (Å²) in [6.45, 7) is 0.590. The summed E-state index contributed by atoms with van der Waals surface area (Å²) in [6, 6.07) is 4.49. The molecule has 6 nitrogen and oxygen atoms in total. The molecule has 0 aromatic heterocycles. The van der Waals surface area contributed by atoms with Crippen molar-refractivity contribution in [3.8, 4) is 0 Å². The van der Waals surface area contributed by atoms with E-state index in [2.05, 4.69) is 10.0 Å². The van der Waals surface area contributed by atoms with Crippen LogP contribution in [0.2, 0.25) is 0 Å². The first-order valence-electron chi connectivity index (χ1n) is 5.74. The third-order valence-corrected chi connectivity index (χ3v) is 4.80. The molecule has 0 heterocycles. The average Bonchev–Trinajstić information content (AvgIpc) is 2.36. The van der Waals surface area contributed by atoms with E-state index < -0.39 is 20.8 Å². The van der Waals surface area contributed by atoms with Gasteiger partial charge in [-0.05, 0) is 31.7 Å². The Morgan fingerprint density at radius 3 is 2.63 bits per heavy atom. The van der Waals surface area contributed by atoms with E-state index in [1.165, 1.54) is 19.2 Å². The Morgan fingerprint density at radius 2 is 2.05 bits per heavy atom. The highest BCUT2D eigenvalue weighted by Crippen LogP contribution is 2.22. The lowest BCUT2D eigenvalue weighted by atomic mass is 10.2. The van der Waals surface area contributed by atoms with Gasteiger partial charge in [-0.2, -0.15) is 0 Å². The number of anilines is 2. The monoisotopic (exact) mass is 305 g/mol. The van der Waals surface area contributed by atoms with Crippen LogP contribution in [-0.2, 0) is 20.8 Å². The molecule has 0 bridgehead atoms. The van der Waals surface area contributed by atoms with Crippen molar-refractivity contribution in [3.05, 3.63) is 18.2 Å². The number of rotatable bonds is 7. The van der Waals surface area contributed by atoms with E-state index in [4.69, 9.17) is 5.73 Å². The van der Waals surface area contributed by atoms with E-state index in [-0.39, 0.29) is 4.90 Å². The number of hydrogen-bond acceptors (Lipinski definition) is 5. The van der Waals surface area contributed by atoms with E-state index in [1.807, 2.05) is 0 Å². The summed E-state index contributed by atoms with van der Waals surface area (Å²) in [6.07, 6.45) is 2.38. The zero-order valence-corrected chi connectivity index (χ0v) is 12.6. The van der Waals surface area contributed by atoms with E-state index >= 15 is 0 Å². The van der Waals surface area contributed by atoms with Crippen LogP contribution in [0.1, 0.15) is 6.42 Å². The van der Waals surface area contributed by atoms with Gasteiger partial charge in [-0.3, -0.25) is 4.21 Å². The van der Waals surface area contributed by atoms with Crippen molar-refractivity contribution in [3.63, 3.8) is 0 Å². The van der Waals surface area contributed by atoms with Gasteiger partial charge in [0.05, 0.1) is 16.3 Å². The summed E-state index contributed by atoms with van der Waals surface area (Å²) in [4.78, 5) is 0.158. The lowest BCUT2D eigenvalue weighted by Gasteiger charge is -2.11. The summed E-state index contributed by atoms with van der Waals surface area (Å²) in [7, 11) is -2.94. The van der Waals surface area contributed by atoms with Crippen molar-refractivity contribution in [1.82, 2.24) is 4.72 Å². The normalized spacial score (nSPS) is 13.2. The van der Waals surface area contributed by atoms with Gasteiger partial charge < -0.3 is 11.1 Å².